The number of hydrogen-bond donors (Lipinski definition) is 1. The third-order valence-corrected chi connectivity index (χ3v) is 4.43. The highest BCUT2D eigenvalue weighted by atomic mass is 19.4. The van der Waals surface area contributed by atoms with E-state index in [1.54, 1.807) is 0 Å². The molecule has 2 nitrogen and oxygen atoms in total. The molecule has 2 aromatic carbocycles. The maximum absolute atomic E-state index is 12.7. The summed E-state index contributed by atoms with van der Waals surface area (Å²) in [6, 6.07) is 15.6. The van der Waals surface area contributed by atoms with E-state index >= 15 is 0 Å². The van der Waals surface area contributed by atoms with Crippen LogP contribution in [0, 0.1) is 5.92 Å². The van der Waals surface area contributed by atoms with Gasteiger partial charge in [-0.05, 0) is 48.2 Å². The second kappa shape index (κ2) is 6.14. The summed E-state index contributed by atoms with van der Waals surface area (Å²) in [6.45, 7) is 0.900. The van der Waals surface area contributed by atoms with Gasteiger partial charge in [0.25, 0.3) is 0 Å². The number of nitrogens with two attached hydrogens (primary N) is 1. The molecule has 0 aromatic heterocycles. The molecule has 1 fully saturated rings. The van der Waals surface area contributed by atoms with Gasteiger partial charge in [0.2, 0.25) is 0 Å². The largest absolute Gasteiger partial charge is 0.399 e. The van der Waals surface area contributed by atoms with Crippen molar-refractivity contribution in [3.05, 3.63) is 48.5 Å². The molecule has 0 saturated carbocycles. The molecule has 0 amide bonds. The number of alkyl halides is 3. The predicted octanol–water partition coefficient (Wildman–Crippen LogP) is 4.71. The molecule has 1 aliphatic heterocycles. The standard InChI is InChI=1S/C18H19F3N2/c19-18(20,21)15-9-11-23(12-10-15)17-7-3-14(4-8-17)13-1-5-16(22)6-2-13/h1-8,15H,9-12,22H2. The van der Waals surface area contributed by atoms with Crippen LogP contribution in [0.5, 0.6) is 0 Å². The van der Waals surface area contributed by atoms with Gasteiger partial charge in [-0.25, -0.2) is 0 Å². The molecule has 5 heteroatoms. The van der Waals surface area contributed by atoms with Crippen LogP contribution < -0.4 is 10.6 Å². The van der Waals surface area contributed by atoms with Crippen molar-refractivity contribution in [2.24, 2.45) is 5.92 Å². The minimum absolute atomic E-state index is 0.170. The van der Waals surface area contributed by atoms with Crippen LogP contribution in [0.2, 0.25) is 0 Å². The lowest BCUT2D eigenvalue weighted by Crippen LogP contribution is -2.38. The highest BCUT2D eigenvalue weighted by Gasteiger charge is 2.41. The second-order valence-electron chi connectivity index (χ2n) is 5.97. The number of nitrogens with zero attached hydrogens (tertiary/aromatic N) is 1. The van der Waals surface area contributed by atoms with Crippen LogP contribution in [0.4, 0.5) is 24.5 Å². The van der Waals surface area contributed by atoms with E-state index in [9.17, 15) is 13.2 Å². The average Bonchev–Trinajstić information content (AvgIpc) is 2.55. The van der Waals surface area contributed by atoms with Gasteiger partial charge in [0.05, 0.1) is 5.92 Å². The van der Waals surface area contributed by atoms with Crippen molar-refractivity contribution in [2.75, 3.05) is 23.7 Å². The van der Waals surface area contributed by atoms with Crippen molar-refractivity contribution in [3.63, 3.8) is 0 Å². The van der Waals surface area contributed by atoms with Gasteiger partial charge in [-0.3, -0.25) is 0 Å². The van der Waals surface area contributed by atoms with E-state index in [2.05, 4.69) is 0 Å². The molecule has 0 radical (unpaired) electrons. The SMILES string of the molecule is Nc1ccc(-c2ccc(N3CCC(C(F)(F)F)CC3)cc2)cc1. The minimum Gasteiger partial charge on any atom is -0.399 e. The quantitative estimate of drug-likeness (QED) is 0.812. The lowest BCUT2D eigenvalue weighted by atomic mass is 9.95. The summed E-state index contributed by atoms with van der Waals surface area (Å²) < 4.78 is 38.1. The van der Waals surface area contributed by atoms with Gasteiger partial charge in [-0.15, -0.1) is 0 Å². The highest BCUT2D eigenvalue weighted by Crippen LogP contribution is 2.35. The Balaban J connectivity index is 1.67. The van der Waals surface area contributed by atoms with Crippen LogP contribution in [0.3, 0.4) is 0 Å². The van der Waals surface area contributed by atoms with E-state index in [1.165, 1.54) is 0 Å². The molecular formula is C18H19F3N2. The number of rotatable bonds is 2. The highest BCUT2D eigenvalue weighted by molar-refractivity contribution is 5.68. The zero-order chi connectivity index (χ0) is 16.4. The lowest BCUT2D eigenvalue weighted by Gasteiger charge is -2.34. The molecule has 3 rings (SSSR count). The smallest absolute Gasteiger partial charge is 0.391 e. The fourth-order valence-corrected chi connectivity index (χ4v) is 3.01. The summed E-state index contributed by atoms with van der Waals surface area (Å²) in [7, 11) is 0. The summed E-state index contributed by atoms with van der Waals surface area (Å²) in [4.78, 5) is 2.02. The van der Waals surface area contributed by atoms with Crippen molar-refractivity contribution in [3.8, 4) is 11.1 Å². The van der Waals surface area contributed by atoms with Gasteiger partial charge in [0, 0.05) is 24.5 Å². The van der Waals surface area contributed by atoms with Crippen LogP contribution in [0.15, 0.2) is 48.5 Å². The van der Waals surface area contributed by atoms with E-state index < -0.39 is 12.1 Å². The fourth-order valence-electron chi connectivity index (χ4n) is 3.01. The Kier molecular flexibility index (Phi) is 4.20. The molecule has 1 saturated heterocycles. The summed E-state index contributed by atoms with van der Waals surface area (Å²) in [6.07, 6.45) is -3.72. The monoisotopic (exact) mass is 320 g/mol. The first-order valence-electron chi connectivity index (χ1n) is 7.71. The zero-order valence-corrected chi connectivity index (χ0v) is 12.7. The third kappa shape index (κ3) is 3.60. The van der Waals surface area contributed by atoms with Crippen molar-refractivity contribution in [1.29, 1.82) is 0 Å². The van der Waals surface area contributed by atoms with Crippen molar-refractivity contribution in [1.82, 2.24) is 0 Å². The van der Waals surface area contributed by atoms with Gasteiger partial charge in [-0.1, -0.05) is 24.3 Å². The first-order chi connectivity index (χ1) is 10.9. The van der Waals surface area contributed by atoms with Crippen molar-refractivity contribution >= 4 is 11.4 Å². The van der Waals surface area contributed by atoms with Gasteiger partial charge in [0.1, 0.15) is 0 Å². The fraction of sp³-hybridized carbons (Fsp3) is 0.333. The predicted molar refractivity (Wildman–Crippen MR) is 87.3 cm³/mol. The molecule has 0 aliphatic carbocycles. The Morgan fingerprint density at radius 1 is 0.826 bits per heavy atom. The van der Waals surface area contributed by atoms with Crippen LogP contribution in [-0.2, 0) is 0 Å². The Bertz CT molecular complexity index is 639. The summed E-state index contributed by atoms with van der Waals surface area (Å²) in [5.41, 5.74) is 9.52. The van der Waals surface area contributed by atoms with E-state index in [4.69, 9.17) is 5.73 Å². The molecule has 0 atom stereocenters. The Morgan fingerprint density at radius 2 is 1.30 bits per heavy atom. The first-order valence-corrected chi connectivity index (χ1v) is 7.71. The normalized spacial score (nSPS) is 16.6. The van der Waals surface area contributed by atoms with Crippen LogP contribution in [-0.4, -0.2) is 19.3 Å². The molecule has 2 aromatic rings. The number of halogens is 3. The van der Waals surface area contributed by atoms with Gasteiger partial charge in [0.15, 0.2) is 0 Å². The molecule has 0 spiro atoms. The summed E-state index contributed by atoms with van der Waals surface area (Å²) in [5.74, 6) is -1.16. The van der Waals surface area contributed by atoms with E-state index in [0.29, 0.717) is 13.1 Å². The molecule has 1 heterocycles. The summed E-state index contributed by atoms with van der Waals surface area (Å²) in [5, 5.41) is 0. The van der Waals surface area contributed by atoms with Gasteiger partial charge in [-0.2, -0.15) is 13.2 Å². The number of nitrogen functional groups attached to an aromatic ring is 1. The minimum atomic E-state index is -4.06. The lowest BCUT2D eigenvalue weighted by molar-refractivity contribution is -0.179. The molecule has 1 aliphatic rings. The maximum atomic E-state index is 12.7. The van der Waals surface area contributed by atoms with E-state index in [-0.39, 0.29) is 12.8 Å². The van der Waals surface area contributed by atoms with E-state index in [1.807, 2.05) is 53.4 Å². The topological polar surface area (TPSA) is 29.3 Å². The van der Waals surface area contributed by atoms with Crippen molar-refractivity contribution < 1.29 is 13.2 Å². The molecule has 0 bridgehead atoms. The van der Waals surface area contributed by atoms with Crippen LogP contribution in [0.1, 0.15) is 12.8 Å². The average molecular weight is 320 g/mol. The van der Waals surface area contributed by atoms with Gasteiger partial charge < -0.3 is 10.6 Å². The zero-order valence-electron chi connectivity index (χ0n) is 12.7. The Labute approximate surface area is 133 Å². The first kappa shape index (κ1) is 15.7. The van der Waals surface area contributed by atoms with E-state index in [0.717, 1.165) is 22.5 Å². The second-order valence-corrected chi connectivity index (χ2v) is 5.97. The van der Waals surface area contributed by atoms with Crippen LogP contribution >= 0.6 is 0 Å². The van der Waals surface area contributed by atoms with Crippen molar-refractivity contribution in [2.45, 2.75) is 19.0 Å². The number of benzene rings is 2. The maximum Gasteiger partial charge on any atom is 0.391 e. The molecule has 0 unspecified atom stereocenters. The third-order valence-electron chi connectivity index (χ3n) is 4.43. The molecule has 23 heavy (non-hydrogen) atoms. The Hall–Kier alpha value is -2.17. The molecule has 2 N–H and O–H groups in total. The number of piperidine rings is 1. The summed E-state index contributed by atoms with van der Waals surface area (Å²) >= 11 is 0. The Morgan fingerprint density at radius 3 is 1.78 bits per heavy atom. The van der Waals surface area contributed by atoms with Crippen LogP contribution in [0.25, 0.3) is 11.1 Å². The number of hydrogen-bond acceptors (Lipinski definition) is 2. The number of anilines is 2. The van der Waals surface area contributed by atoms with Gasteiger partial charge >= 0.3 is 6.18 Å². The molecule has 122 valence electrons. The molecular weight excluding hydrogens is 301 g/mol.